The molecule has 1 fully saturated rings. The number of aryl methyl sites for hydroxylation is 1. The summed E-state index contributed by atoms with van der Waals surface area (Å²) in [6, 6.07) is 15.6. The van der Waals surface area contributed by atoms with Gasteiger partial charge in [-0.3, -0.25) is 9.48 Å². The summed E-state index contributed by atoms with van der Waals surface area (Å²) < 4.78 is 27.6. The summed E-state index contributed by atoms with van der Waals surface area (Å²) in [4.78, 5) is 9.96. The number of anilines is 1. The Kier molecular flexibility index (Phi) is 12.4. The Labute approximate surface area is 229 Å². The minimum absolute atomic E-state index is 0.470. The van der Waals surface area contributed by atoms with Crippen molar-refractivity contribution >= 4 is 12.2 Å². The van der Waals surface area contributed by atoms with Gasteiger partial charge in [-0.2, -0.15) is 10.2 Å². The molecule has 2 aromatic carbocycles. The lowest BCUT2D eigenvalue weighted by molar-refractivity contribution is -0.110. The Morgan fingerprint density at radius 1 is 1.03 bits per heavy atom. The number of para-hydroxylation sites is 1. The molecule has 7 nitrogen and oxygen atoms in total. The number of halogens is 2. The highest BCUT2D eigenvalue weighted by Crippen LogP contribution is 2.29. The van der Waals surface area contributed by atoms with Crippen molar-refractivity contribution in [2.75, 3.05) is 12.4 Å². The van der Waals surface area contributed by atoms with Crippen LogP contribution >= 0.6 is 0 Å². The lowest BCUT2D eigenvalue weighted by atomic mass is 10.1. The molecule has 0 bridgehead atoms. The van der Waals surface area contributed by atoms with E-state index < -0.39 is 11.6 Å². The van der Waals surface area contributed by atoms with Crippen LogP contribution in [0.4, 0.5) is 14.6 Å². The smallest absolute Gasteiger partial charge is 0.207 e. The second-order valence-electron chi connectivity index (χ2n) is 9.04. The maximum atomic E-state index is 11.9. The van der Waals surface area contributed by atoms with Crippen molar-refractivity contribution < 1.29 is 13.6 Å². The molecule has 2 aromatic heterocycles. The van der Waals surface area contributed by atoms with Crippen LogP contribution in [0.15, 0.2) is 67.0 Å². The standard InChI is InChI=1S/C15H17N5.C7H13NO.C6H4F2.C2H2/c1-11-14(12-9-17-19(3)10-12)18-20(15(11)16-2)13-7-5-4-6-8-13;1-6-2-3-7(4-6)8-5-9;7-5-3-1-2-4-6(5)8;1-2/h4-10,16H,1-3H3;5-7H,2-4H2,1H3,(H,8,9);1-4H;1-2H/t;6?,7-;;/m.0../s1. The molecule has 2 atom stereocenters. The molecule has 0 aliphatic heterocycles. The van der Waals surface area contributed by atoms with Crippen LogP contribution in [0.1, 0.15) is 31.7 Å². The number of hydrogen-bond acceptors (Lipinski definition) is 4. The molecule has 1 saturated carbocycles. The molecule has 2 N–H and O–H groups in total. The molecular formula is C30H36F2N6O. The summed E-state index contributed by atoms with van der Waals surface area (Å²) in [5.74, 6) is 0.206. The molecule has 4 aromatic rings. The molecule has 39 heavy (non-hydrogen) atoms. The summed E-state index contributed by atoms with van der Waals surface area (Å²) in [6.07, 6.45) is 16.2. The number of benzene rings is 2. The maximum absolute atomic E-state index is 11.9. The van der Waals surface area contributed by atoms with Crippen LogP contribution in [0, 0.1) is 37.3 Å². The second-order valence-corrected chi connectivity index (χ2v) is 9.04. The van der Waals surface area contributed by atoms with Gasteiger partial charge in [0.1, 0.15) is 11.5 Å². The minimum Gasteiger partial charge on any atom is -0.373 e. The first-order valence-corrected chi connectivity index (χ1v) is 12.6. The molecular weight excluding hydrogens is 498 g/mol. The van der Waals surface area contributed by atoms with Gasteiger partial charge in [0, 0.05) is 37.5 Å². The van der Waals surface area contributed by atoms with Crippen molar-refractivity contribution in [1.82, 2.24) is 24.9 Å². The van der Waals surface area contributed by atoms with Crippen molar-refractivity contribution in [3.63, 3.8) is 0 Å². The van der Waals surface area contributed by atoms with Gasteiger partial charge in [0.05, 0.1) is 11.9 Å². The maximum Gasteiger partial charge on any atom is 0.207 e. The van der Waals surface area contributed by atoms with E-state index >= 15 is 0 Å². The molecule has 1 amide bonds. The lowest BCUT2D eigenvalue weighted by Crippen LogP contribution is -2.24. The summed E-state index contributed by atoms with van der Waals surface area (Å²) >= 11 is 0. The molecule has 0 saturated heterocycles. The zero-order valence-corrected chi connectivity index (χ0v) is 22.8. The SMILES string of the molecule is C#C.CC1CC[C@H](NC=O)C1.CNc1c(C)c(-c2cnn(C)c2)nn1-c1ccccc1.Fc1ccccc1F. The van der Waals surface area contributed by atoms with Crippen LogP contribution in [0.25, 0.3) is 16.9 Å². The summed E-state index contributed by atoms with van der Waals surface area (Å²) in [5, 5.41) is 15.0. The third kappa shape index (κ3) is 8.82. The lowest BCUT2D eigenvalue weighted by Gasteiger charge is -2.06. The van der Waals surface area contributed by atoms with E-state index in [-0.39, 0.29) is 0 Å². The van der Waals surface area contributed by atoms with E-state index in [2.05, 4.69) is 42.4 Å². The van der Waals surface area contributed by atoms with Crippen molar-refractivity contribution in [2.45, 2.75) is 39.2 Å². The average Bonchev–Trinajstić information content (AvgIpc) is 3.66. The Morgan fingerprint density at radius 3 is 2.10 bits per heavy atom. The normalized spacial score (nSPS) is 15.4. The van der Waals surface area contributed by atoms with Crippen LogP contribution in [0.2, 0.25) is 0 Å². The van der Waals surface area contributed by atoms with Gasteiger partial charge in [0.25, 0.3) is 0 Å². The first kappa shape index (κ1) is 30.8. The zero-order valence-electron chi connectivity index (χ0n) is 22.8. The van der Waals surface area contributed by atoms with Gasteiger partial charge >= 0.3 is 0 Å². The zero-order chi connectivity index (χ0) is 28.8. The highest BCUT2D eigenvalue weighted by atomic mass is 19.2. The summed E-state index contributed by atoms with van der Waals surface area (Å²) in [5.41, 5.74) is 4.13. The van der Waals surface area contributed by atoms with Gasteiger partial charge in [-0.15, -0.1) is 12.8 Å². The van der Waals surface area contributed by atoms with Gasteiger partial charge in [-0.1, -0.05) is 37.3 Å². The van der Waals surface area contributed by atoms with E-state index in [0.717, 1.165) is 52.8 Å². The Balaban J connectivity index is 0.000000232. The Morgan fingerprint density at radius 2 is 1.64 bits per heavy atom. The highest BCUT2D eigenvalue weighted by molar-refractivity contribution is 5.69. The van der Waals surface area contributed by atoms with Crippen molar-refractivity contribution in [3.05, 3.63) is 84.2 Å². The van der Waals surface area contributed by atoms with Crippen molar-refractivity contribution in [2.24, 2.45) is 13.0 Å². The number of terminal acetylenes is 1. The summed E-state index contributed by atoms with van der Waals surface area (Å²) in [7, 11) is 3.82. The van der Waals surface area contributed by atoms with Gasteiger partial charge in [-0.05, 0) is 56.4 Å². The van der Waals surface area contributed by atoms with Crippen LogP contribution in [-0.4, -0.2) is 39.1 Å². The van der Waals surface area contributed by atoms with Crippen molar-refractivity contribution in [3.8, 4) is 29.8 Å². The number of nitrogens with one attached hydrogen (secondary N) is 2. The molecule has 1 aliphatic rings. The Bertz CT molecular complexity index is 1290. The van der Waals surface area contributed by atoms with E-state index in [9.17, 15) is 13.6 Å². The molecule has 206 valence electrons. The largest absolute Gasteiger partial charge is 0.373 e. The van der Waals surface area contributed by atoms with Gasteiger partial charge in [0.2, 0.25) is 6.41 Å². The number of rotatable bonds is 5. The van der Waals surface area contributed by atoms with Gasteiger partial charge in [-0.25, -0.2) is 13.5 Å². The predicted molar refractivity (Wildman–Crippen MR) is 152 cm³/mol. The first-order valence-electron chi connectivity index (χ1n) is 12.6. The minimum atomic E-state index is -0.799. The summed E-state index contributed by atoms with van der Waals surface area (Å²) in [6.45, 7) is 4.30. The van der Waals surface area contributed by atoms with E-state index in [1.54, 1.807) is 4.68 Å². The van der Waals surface area contributed by atoms with Crippen LogP contribution in [0.3, 0.4) is 0 Å². The fraction of sp³-hybridized carbons (Fsp3) is 0.300. The third-order valence-corrected chi connectivity index (χ3v) is 6.16. The van der Waals surface area contributed by atoms with E-state index in [1.807, 2.05) is 61.5 Å². The van der Waals surface area contributed by atoms with E-state index in [0.29, 0.717) is 6.04 Å². The van der Waals surface area contributed by atoms with E-state index in [4.69, 9.17) is 5.10 Å². The topological polar surface area (TPSA) is 76.8 Å². The molecule has 1 aliphatic carbocycles. The fourth-order valence-corrected chi connectivity index (χ4v) is 4.26. The number of nitrogens with zero attached hydrogens (tertiary/aromatic N) is 4. The van der Waals surface area contributed by atoms with Gasteiger partial charge < -0.3 is 10.6 Å². The molecule has 1 unspecified atom stereocenters. The molecule has 2 heterocycles. The fourth-order valence-electron chi connectivity index (χ4n) is 4.26. The van der Waals surface area contributed by atoms with Crippen LogP contribution in [0.5, 0.6) is 0 Å². The molecule has 0 spiro atoms. The molecule has 9 heteroatoms. The number of aromatic nitrogens is 4. The quantitative estimate of drug-likeness (QED) is 0.252. The third-order valence-electron chi connectivity index (χ3n) is 6.16. The number of carbonyl (C=O) groups is 1. The average molecular weight is 535 g/mol. The first-order chi connectivity index (χ1) is 18.8. The second kappa shape index (κ2) is 15.7. The van der Waals surface area contributed by atoms with Crippen LogP contribution in [-0.2, 0) is 11.8 Å². The molecule has 0 radical (unpaired) electrons. The Hall–Kier alpha value is -4.45. The number of carbonyl (C=O) groups excluding carboxylic acids is 1. The molecule has 5 rings (SSSR count). The van der Waals surface area contributed by atoms with E-state index in [1.165, 1.54) is 31.4 Å². The van der Waals surface area contributed by atoms with Crippen molar-refractivity contribution in [1.29, 1.82) is 0 Å². The van der Waals surface area contributed by atoms with Crippen LogP contribution < -0.4 is 10.6 Å². The highest BCUT2D eigenvalue weighted by Gasteiger charge is 2.20. The monoisotopic (exact) mass is 534 g/mol. The number of amides is 1. The predicted octanol–water partition coefficient (Wildman–Crippen LogP) is 5.76. The number of hydrogen-bond donors (Lipinski definition) is 2. The van der Waals surface area contributed by atoms with Gasteiger partial charge in [0.15, 0.2) is 11.6 Å².